The second kappa shape index (κ2) is 9.46. The fourth-order valence-corrected chi connectivity index (χ4v) is 2.29. The molecule has 0 spiro atoms. The number of rotatable bonds is 7. The molecule has 0 fully saturated rings. The van der Waals surface area contributed by atoms with Crippen LogP contribution in [0.5, 0.6) is 0 Å². The summed E-state index contributed by atoms with van der Waals surface area (Å²) in [5.41, 5.74) is 1.83. The molecule has 5 nitrogen and oxygen atoms in total. The highest BCUT2D eigenvalue weighted by Crippen LogP contribution is 2.23. The Bertz CT molecular complexity index is 532. The third-order valence-corrected chi connectivity index (χ3v) is 3.44. The van der Waals surface area contributed by atoms with E-state index in [-0.39, 0.29) is 24.9 Å². The normalized spacial score (nSPS) is 9.95. The van der Waals surface area contributed by atoms with Crippen molar-refractivity contribution in [2.45, 2.75) is 0 Å². The maximum absolute atomic E-state index is 11.7. The lowest BCUT2D eigenvalue weighted by Gasteiger charge is -2.07. The summed E-state index contributed by atoms with van der Waals surface area (Å²) >= 11 is 1.59. The quantitative estimate of drug-likeness (QED) is 0.767. The van der Waals surface area contributed by atoms with Gasteiger partial charge in [-0.25, -0.2) is 4.98 Å². The van der Waals surface area contributed by atoms with Crippen LogP contribution in [0.1, 0.15) is 0 Å². The van der Waals surface area contributed by atoms with Gasteiger partial charge in [-0.2, -0.15) is 0 Å². The van der Waals surface area contributed by atoms with E-state index in [4.69, 9.17) is 4.74 Å². The maximum Gasteiger partial charge on any atom is 0.238 e. The Morgan fingerprint density at radius 1 is 1.33 bits per heavy atom. The molecule has 1 amide bonds. The fourth-order valence-electron chi connectivity index (χ4n) is 1.64. The van der Waals surface area contributed by atoms with Crippen molar-refractivity contribution in [2.75, 3.05) is 32.1 Å². The minimum absolute atomic E-state index is 0. The SMILES string of the molecule is COCCNCC(=O)Nc1ccc(-c2nccs2)cc1.Cl. The number of methoxy groups -OCH3 is 1. The van der Waals surface area contributed by atoms with Crippen LogP contribution in [0.25, 0.3) is 10.6 Å². The van der Waals surface area contributed by atoms with Crippen molar-refractivity contribution in [3.05, 3.63) is 35.8 Å². The number of aromatic nitrogens is 1. The van der Waals surface area contributed by atoms with Gasteiger partial charge in [0, 0.05) is 36.5 Å². The zero-order valence-electron chi connectivity index (χ0n) is 11.7. The molecule has 0 aliphatic rings. The molecule has 0 saturated heterocycles. The lowest BCUT2D eigenvalue weighted by Crippen LogP contribution is -2.30. The summed E-state index contributed by atoms with van der Waals surface area (Å²) in [6.07, 6.45) is 1.78. The molecule has 2 aromatic rings. The largest absolute Gasteiger partial charge is 0.383 e. The summed E-state index contributed by atoms with van der Waals surface area (Å²) < 4.78 is 4.89. The maximum atomic E-state index is 11.7. The molecule has 1 aromatic heterocycles. The van der Waals surface area contributed by atoms with Crippen molar-refractivity contribution in [3.8, 4) is 10.6 Å². The first-order valence-electron chi connectivity index (χ1n) is 6.29. The van der Waals surface area contributed by atoms with Crippen LogP contribution in [0.4, 0.5) is 5.69 Å². The van der Waals surface area contributed by atoms with Crippen molar-refractivity contribution < 1.29 is 9.53 Å². The molecule has 1 aromatic carbocycles. The number of nitrogens with one attached hydrogen (secondary N) is 2. The number of anilines is 1. The van der Waals surface area contributed by atoms with E-state index in [2.05, 4.69) is 15.6 Å². The van der Waals surface area contributed by atoms with Crippen molar-refractivity contribution in [1.82, 2.24) is 10.3 Å². The highest BCUT2D eigenvalue weighted by molar-refractivity contribution is 7.13. The molecule has 114 valence electrons. The number of hydrogen-bond donors (Lipinski definition) is 2. The molecule has 0 atom stereocenters. The second-order valence-corrected chi connectivity index (χ2v) is 5.03. The third kappa shape index (κ3) is 5.81. The molecular weight excluding hydrogens is 310 g/mol. The van der Waals surface area contributed by atoms with E-state index in [9.17, 15) is 4.79 Å². The van der Waals surface area contributed by atoms with Crippen LogP contribution in [0.15, 0.2) is 35.8 Å². The number of ether oxygens (including phenoxy) is 1. The zero-order chi connectivity index (χ0) is 14.2. The van der Waals surface area contributed by atoms with Crippen molar-refractivity contribution in [3.63, 3.8) is 0 Å². The molecule has 0 aliphatic carbocycles. The minimum atomic E-state index is -0.0666. The smallest absolute Gasteiger partial charge is 0.238 e. The van der Waals surface area contributed by atoms with Crippen LogP contribution >= 0.6 is 23.7 Å². The first-order valence-corrected chi connectivity index (χ1v) is 7.17. The van der Waals surface area contributed by atoms with Gasteiger partial charge in [0.1, 0.15) is 5.01 Å². The predicted molar refractivity (Wildman–Crippen MR) is 88.2 cm³/mol. The number of halogens is 1. The van der Waals surface area contributed by atoms with E-state index in [0.717, 1.165) is 16.3 Å². The molecular formula is C14H18ClN3O2S. The van der Waals surface area contributed by atoms with E-state index in [1.165, 1.54) is 0 Å². The number of carbonyl (C=O) groups excluding carboxylic acids is 1. The van der Waals surface area contributed by atoms with Gasteiger partial charge in [0.2, 0.25) is 5.91 Å². The van der Waals surface area contributed by atoms with E-state index in [0.29, 0.717) is 13.2 Å². The first kappa shape index (κ1) is 17.6. The average molecular weight is 328 g/mol. The third-order valence-electron chi connectivity index (χ3n) is 2.62. The molecule has 2 rings (SSSR count). The van der Waals surface area contributed by atoms with Crippen LogP contribution in [0, 0.1) is 0 Å². The Morgan fingerprint density at radius 2 is 2.10 bits per heavy atom. The summed E-state index contributed by atoms with van der Waals surface area (Å²) in [6.45, 7) is 1.53. The molecule has 0 saturated carbocycles. The van der Waals surface area contributed by atoms with Crippen molar-refractivity contribution in [1.29, 1.82) is 0 Å². The molecule has 7 heteroatoms. The highest BCUT2D eigenvalue weighted by atomic mass is 35.5. The number of nitrogens with zero attached hydrogens (tertiary/aromatic N) is 1. The van der Waals surface area contributed by atoms with Gasteiger partial charge in [0.15, 0.2) is 0 Å². The summed E-state index contributed by atoms with van der Waals surface area (Å²) in [7, 11) is 1.63. The van der Waals surface area contributed by atoms with Crippen LogP contribution in [-0.4, -0.2) is 37.7 Å². The summed E-state index contributed by atoms with van der Waals surface area (Å²) in [5.74, 6) is -0.0666. The Morgan fingerprint density at radius 3 is 2.71 bits per heavy atom. The number of thiazole rings is 1. The van der Waals surface area contributed by atoms with E-state index >= 15 is 0 Å². The predicted octanol–water partition coefficient (Wildman–Crippen LogP) is 2.41. The van der Waals surface area contributed by atoms with Crippen LogP contribution < -0.4 is 10.6 Å². The second-order valence-electron chi connectivity index (χ2n) is 4.13. The molecule has 0 aliphatic heterocycles. The number of carbonyl (C=O) groups is 1. The Balaban J connectivity index is 0.00000220. The fraction of sp³-hybridized carbons (Fsp3) is 0.286. The van der Waals surface area contributed by atoms with Crippen molar-refractivity contribution >= 4 is 35.3 Å². The molecule has 0 radical (unpaired) electrons. The Kier molecular flexibility index (Phi) is 7.92. The summed E-state index contributed by atoms with van der Waals surface area (Å²) in [6, 6.07) is 7.66. The molecule has 0 bridgehead atoms. The number of hydrogen-bond acceptors (Lipinski definition) is 5. The van der Waals surface area contributed by atoms with Gasteiger partial charge in [-0.05, 0) is 24.3 Å². The topological polar surface area (TPSA) is 63.2 Å². The van der Waals surface area contributed by atoms with Crippen LogP contribution in [-0.2, 0) is 9.53 Å². The summed E-state index contributed by atoms with van der Waals surface area (Å²) in [4.78, 5) is 15.9. The molecule has 0 unspecified atom stereocenters. The average Bonchev–Trinajstić information content (AvgIpc) is 2.99. The minimum Gasteiger partial charge on any atom is -0.383 e. The Labute approximate surface area is 134 Å². The van der Waals surface area contributed by atoms with Crippen LogP contribution in [0.2, 0.25) is 0 Å². The van der Waals surface area contributed by atoms with Gasteiger partial charge in [0.25, 0.3) is 0 Å². The van der Waals surface area contributed by atoms with Crippen LogP contribution in [0.3, 0.4) is 0 Å². The lowest BCUT2D eigenvalue weighted by atomic mass is 10.2. The van der Waals surface area contributed by atoms with Gasteiger partial charge in [-0.1, -0.05) is 0 Å². The molecule has 2 N–H and O–H groups in total. The highest BCUT2D eigenvalue weighted by Gasteiger charge is 2.03. The Hall–Kier alpha value is -1.47. The van der Waals surface area contributed by atoms with Gasteiger partial charge < -0.3 is 15.4 Å². The molecule has 1 heterocycles. The monoisotopic (exact) mass is 327 g/mol. The lowest BCUT2D eigenvalue weighted by molar-refractivity contribution is -0.115. The van der Waals surface area contributed by atoms with Gasteiger partial charge in [0.05, 0.1) is 13.2 Å². The van der Waals surface area contributed by atoms with Crippen molar-refractivity contribution in [2.24, 2.45) is 0 Å². The van der Waals surface area contributed by atoms with E-state index in [1.54, 1.807) is 24.6 Å². The standard InChI is InChI=1S/C14H17N3O2S.ClH/c1-19-8-6-15-10-13(18)17-12-4-2-11(3-5-12)14-16-7-9-20-14;/h2-5,7,9,15H,6,8,10H2,1H3,(H,17,18);1H. The molecule has 21 heavy (non-hydrogen) atoms. The van der Waals surface area contributed by atoms with Gasteiger partial charge in [-0.3, -0.25) is 4.79 Å². The van der Waals surface area contributed by atoms with Gasteiger partial charge in [-0.15, -0.1) is 23.7 Å². The number of amides is 1. The summed E-state index contributed by atoms with van der Waals surface area (Å²) in [5, 5.41) is 8.74. The van der Waals surface area contributed by atoms with Gasteiger partial charge >= 0.3 is 0 Å². The van der Waals surface area contributed by atoms with E-state index in [1.807, 2.05) is 29.6 Å². The number of benzene rings is 1. The first-order chi connectivity index (χ1) is 9.79. The zero-order valence-corrected chi connectivity index (χ0v) is 13.3. The van der Waals surface area contributed by atoms with E-state index < -0.39 is 0 Å².